The number of aliphatic carboxylic acids is 1. The van der Waals surface area contributed by atoms with E-state index in [9.17, 15) is 23.1 Å². The Bertz CT molecular complexity index is 793. The van der Waals surface area contributed by atoms with Crippen LogP contribution in [0.1, 0.15) is 19.0 Å². The third-order valence-corrected chi connectivity index (χ3v) is 6.08. The number of fused-ring (bicyclic) bond motifs is 1. The van der Waals surface area contributed by atoms with Crippen LogP contribution >= 0.6 is 0 Å². The number of aromatic nitrogens is 2. The molecule has 3 heterocycles. The number of carboxylic acid groups (broad SMARTS) is 1. The van der Waals surface area contributed by atoms with Gasteiger partial charge in [0.05, 0.1) is 19.3 Å². The summed E-state index contributed by atoms with van der Waals surface area (Å²) in [5, 5.41) is 18.6. The molecule has 154 valence electrons. The number of hydrogen-bond acceptors (Lipinski definition) is 7. The molecule has 2 saturated heterocycles. The van der Waals surface area contributed by atoms with E-state index in [2.05, 4.69) is 9.97 Å². The molecule has 1 saturated carbocycles. The lowest BCUT2D eigenvalue weighted by atomic mass is 10.0. The summed E-state index contributed by atoms with van der Waals surface area (Å²) >= 11 is 0. The normalized spacial score (nSPS) is 31.4. The van der Waals surface area contributed by atoms with E-state index in [1.54, 1.807) is 11.8 Å². The van der Waals surface area contributed by atoms with E-state index in [4.69, 9.17) is 9.84 Å². The van der Waals surface area contributed by atoms with E-state index in [1.807, 2.05) is 0 Å². The van der Waals surface area contributed by atoms with Gasteiger partial charge in [-0.25, -0.2) is 4.98 Å². The Morgan fingerprint density at radius 2 is 1.89 bits per heavy atom. The van der Waals surface area contributed by atoms with Crippen LogP contribution in [0.25, 0.3) is 0 Å². The Hall–Kier alpha value is -2.30. The number of halogens is 3. The Labute approximate surface area is 158 Å². The summed E-state index contributed by atoms with van der Waals surface area (Å²) in [5.41, 5.74) is -1.15. The van der Waals surface area contributed by atoms with Gasteiger partial charge in [0.2, 0.25) is 5.95 Å². The lowest BCUT2D eigenvalue weighted by Crippen LogP contribution is -2.59. The number of piperidine rings is 1. The SMILES string of the molecule is COc1c(N2CC3C(CC(=O)O)C3C2)nc(N2C[C@@H](O)[C@@H]2C)nc1C(F)(F)F. The first kappa shape index (κ1) is 19.0. The minimum Gasteiger partial charge on any atom is -0.491 e. The Balaban J connectivity index is 1.66. The lowest BCUT2D eigenvalue weighted by molar-refractivity contribution is -0.142. The third-order valence-electron chi connectivity index (χ3n) is 6.08. The molecule has 4 rings (SSSR count). The number of carbonyl (C=O) groups is 1. The number of carboxylic acids is 1. The molecule has 2 aliphatic heterocycles. The fourth-order valence-electron chi connectivity index (χ4n) is 4.33. The van der Waals surface area contributed by atoms with Crippen molar-refractivity contribution in [1.29, 1.82) is 0 Å². The zero-order valence-corrected chi connectivity index (χ0v) is 15.3. The number of nitrogens with zero attached hydrogens (tertiary/aromatic N) is 4. The highest BCUT2D eigenvalue weighted by molar-refractivity contribution is 5.68. The number of aliphatic hydroxyl groups excluding tert-OH is 1. The van der Waals surface area contributed by atoms with Crippen LogP contribution in [0.15, 0.2) is 0 Å². The van der Waals surface area contributed by atoms with Crippen molar-refractivity contribution in [1.82, 2.24) is 9.97 Å². The maximum atomic E-state index is 13.6. The zero-order chi connectivity index (χ0) is 20.4. The third kappa shape index (κ3) is 3.01. The Morgan fingerprint density at radius 3 is 2.36 bits per heavy atom. The molecular weight excluding hydrogens is 381 g/mol. The van der Waals surface area contributed by atoms with Gasteiger partial charge in [-0.3, -0.25) is 4.79 Å². The fourth-order valence-corrected chi connectivity index (χ4v) is 4.33. The maximum absolute atomic E-state index is 13.6. The van der Waals surface area contributed by atoms with E-state index in [0.29, 0.717) is 13.1 Å². The average Bonchev–Trinajstić information content (AvgIpc) is 3.05. The molecule has 1 aromatic rings. The van der Waals surface area contributed by atoms with E-state index >= 15 is 0 Å². The van der Waals surface area contributed by atoms with Gasteiger partial charge in [-0.2, -0.15) is 18.2 Å². The Morgan fingerprint density at radius 1 is 1.25 bits per heavy atom. The van der Waals surface area contributed by atoms with Crippen molar-refractivity contribution in [2.45, 2.75) is 31.7 Å². The van der Waals surface area contributed by atoms with Crippen LogP contribution in [0.3, 0.4) is 0 Å². The number of rotatable bonds is 5. The van der Waals surface area contributed by atoms with Crippen LogP contribution in [0.5, 0.6) is 5.75 Å². The molecule has 0 amide bonds. The van der Waals surface area contributed by atoms with E-state index in [1.165, 1.54) is 4.90 Å². The maximum Gasteiger partial charge on any atom is 0.437 e. The quantitative estimate of drug-likeness (QED) is 0.759. The summed E-state index contributed by atoms with van der Waals surface area (Å²) in [6.45, 7) is 2.72. The summed E-state index contributed by atoms with van der Waals surface area (Å²) in [7, 11) is 1.15. The van der Waals surface area contributed by atoms with E-state index < -0.39 is 29.7 Å². The highest BCUT2D eigenvalue weighted by atomic mass is 19.4. The average molecular weight is 402 g/mol. The van der Waals surface area contributed by atoms with Crippen molar-refractivity contribution in [2.24, 2.45) is 17.8 Å². The largest absolute Gasteiger partial charge is 0.491 e. The van der Waals surface area contributed by atoms with Crippen molar-refractivity contribution in [3.05, 3.63) is 5.69 Å². The number of anilines is 2. The molecule has 2 N–H and O–H groups in total. The van der Waals surface area contributed by atoms with Crippen molar-refractivity contribution < 1.29 is 32.9 Å². The smallest absolute Gasteiger partial charge is 0.437 e. The van der Waals surface area contributed by atoms with Crippen LogP contribution < -0.4 is 14.5 Å². The molecule has 3 fully saturated rings. The highest BCUT2D eigenvalue weighted by Crippen LogP contribution is 2.55. The molecule has 3 aliphatic rings. The second kappa shape index (κ2) is 6.36. The summed E-state index contributed by atoms with van der Waals surface area (Å²) in [5.74, 6) is -0.984. The van der Waals surface area contributed by atoms with Gasteiger partial charge in [-0.15, -0.1) is 0 Å². The van der Waals surface area contributed by atoms with Gasteiger partial charge in [0, 0.05) is 26.1 Å². The standard InChI is InChI=1S/C17H21F3N4O4/c1-7-11(25)6-24(7)16-21-14(17(18,19)20)13(28-2)15(22-16)23-4-9-8(3-12(26)27)10(9)5-23/h7-11,25H,3-6H2,1-2H3,(H,26,27)/t7-,8?,9?,10?,11+/m0/s1. The van der Waals surface area contributed by atoms with Gasteiger partial charge < -0.3 is 24.7 Å². The molecule has 28 heavy (non-hydrogen) atoms. The molecule has 0 radical (unpaired) electrons. The van der Waals surface area contributed by atoms with Gasteiger partial charge in [0.25, 0.3) is 0 Å². The first-order valence-electron chi connectivity index (χ1n) is 9.06. The van der Waals surface area contributed by atoms with Crippen molar-refractivity contribution >= 4 is 17.7 Å². The second-order valence-electron chi connectivity index (χ2n) is 7.68. The molecule has 0 bridgehead atoms. The number of hydrogen-bond donors (Lipinski definition) is 2. The Kier molecular flexibility index (Phi) is 4.32. The van der Waals surface area contributed by atoms with Crippen LogP contribution in [0, 0.1) is 17.8 Å². The number of methoxy groups -OCH3 is 1. The topological polar surface area (TPSA) is 99.0 Å². The minimum absolute atomic E-state index is 0.0636. The summed E-state index contributed by atoms with van der Waals surface area (Å²) in [6, 6.07) is -0.380. The van der Waals surface area contributed by atoms with Crippen molar-refractivity contribution in [2.75, 3.05) is 36.5 Å². The van der Waals surface area contributed by atoms with Gasteiger partial charge in [-0.05, 0) is 24.7 Å². The summed E-state index contributed by atoms with van der Waals surface area (Å²) < 4.78 is 45.9. The summed E-state index contributed by atoms with van der Waals surface area (Å²) in [4.78, 5) is 22.2. The number of ether oxygens (including phenoxy) is 1. The molecule has 1 aromatic heterocycles. The predicted octanol–water partition coefficient (Wildman–Crippen LogP) is 1.23. The van der Waals surface area contributed by atoms with Gasteiger partial charge in [0.1, 0.15) is 0 Å². The number of β-amino-alcohol motifs (C(OH)–C–C–N with tert-alkyl or cyclic N) is 1. The van der Waals surface area contributed by atoms with Crippen LogP contribution in [0.2, 0.25) is 0 Å². The molecule has 11 heteroatoms. The fraction of sp³-hybridized carbons (Fsp3) is 0.706. The van der Waals surface area contributed by atoms with Gasteiger partial charge >= 0.3 is 12.1 Å². The first-order valence-corrected chi connectivity index (χ1v) is 9.06. The van der Waals surface area contributed by atoms with Gasteiger partial charge in [0.15, 0.2) is 17.3 Å². The minimum atomic E-state index is -4.72. The zero-order valence-electron chi connectivity index (χ0n) is 15.3. The molecule has 0 spiro atoms. The van der Waals surface area contributed by atoms with Crippen molar-refractivity contribution in [3.8, 4) is 5.75 Å². The molecular formula is C17H21F3N4O4. The lowest BCUT2D eigenvalue weighted by Gasteiger charge is -2.43. The van der Waals surface area contributed by atoms with E-state index in [0.717, 1.165) is 7.11 Å². The predicted molar refractivity (Wildman–Crippen MR) is 91.3 cm³/mol. The monoisotopic (exact) mass is 402 g/mol. The summed E-state index contributed by atoms with van der Waals surface area (Å²) in [6.07, 6.45) is -5.29. The van der Waals surface area contributed by atoms with Crippen molar-refractivity contribution in [3.63, 3.8) is 0 Å². The first-order chi connectivity index (χ1) is 13.1. The molecule has 2 unspecified atom stereocenters. The number of alkyl halides is 3. The van der Waals surface area contributed by atoms with Crippen LogP contribution in [-0.4, -0.2) is 65.0 Å². The highest BCUT2D eigenvalue weighted by Gasteiger charge is 2.57. The molecule has 0 aromatic carbocycles. The molecule has 8 nitrogen and oxygen atoms in total. The van der Waals surface area contributed by atoms with Crippen LogP contribution in [-0.2, 0) is 11.0 Å². The molecule has 1 aliphatic carbocycles. The number of aliphatic hydroxyl groups is 1. The van der Waals surface area contributed by atoms with Crippen LogP contribution in [0.4, 0.5) is 24.9 Å². The molecule has 4 atom stereocenters. The van der Waals surface area contributed by atoms with E-state index in [-0.39, 0.29) is 48.5 Å². The van der Waals surface area contributed by atoms with Gasteiger partial charge in [-0.1, -0.05) is 0 Å². The second-order valence-corrected chi connectivity index (χ2v) is 7.68.